The molecule has 41 heavy (non-hydrogen) atoms. The molecule has 1 aromatic carbocycles. The Morgan fingerprint density at radius 1 is 1.12 bits per heavy atom. The van der Waals surface area contributed by atoms with E-state index < -0.39 is 18.0 Å². The molecule has 0 bridgehead atoms. The maximum absolute atomic E-state index is 12.4. The first-order chi connectivity index (χ1) is 19.5. The van der Waals surface area contributed by atoms with Gasteiger partial charge in [-0.05, 0) is 54.4 Å². The maximum Gasteiger partial charge on any atom is 0.573 e. The van der Waals surface area contributed by atoms with E-state index in [-0.39, 0.29) is 40.6 Å². The number of piperidine rings is 1. The number of amidine groups is 2. The Labute approximate surface area is 240 Å². The molecule has 0 saturated carbocycles. The molecule has 1 aliphatic heterocycles. The molecule has 2 aromatic heterocycles. The number of alkyl halides is 3. The lowest BCUT2D eigenvalue weighted by atomic mass is 9.99. The number of benzene rings is 1. The Kier molecular flexibility index (Phi) is 9.88. The van der Waals surface area contributed by atoms with Crippen LogP contribution in [0.2, 0.25) is 0 Å². The molecule has 216 valence electrons. The average molecular weight is 607 g/mol. The Morgan fingerprint density at radius 2 is 1.95 bits per heavy atom. The number of halogens is 3. The van der Waals surface area contributed by atoms with E-state index in [0.717, 1.165) is 41.7 Å². The van der Waals surface area contributed by atoms with E-state index in [1.54, 1.807) is 29.3 Å². The van der Waals surface area contributed by atoms with Gasteiger partial charge in [0.1, 0.15) is 10.8 Å². The van der Waals surface area contributed by atoms with Crippen LogP contribution in [0, 0.1) is 10.8 Å². The number of nitrogens with one attached hydrogen (secondary N) is 4. The molecule has 3 aromatic rings. The van der Waals surface area contributed by atoms with Crippen molar-refractivity contribution in [2.45, 2.75) is 38.0 Å². The van der Waals surface area contributed by atoms with Gasteiger partial charge in [0.15, 0.2) is 10.3 Å². The van der Waals surface area contributed by atoms with E-state index >= 15 is 0 Å². The van der Waals surface area contributed by atoms with Crippen LogP contribution in [0.1, 0.15) is 35.0 Å². The van der Waals surface area contributed by atoms with Gasteiger partial charge < -0.3 is 20.3 Å². The highest BCUT2D eigenvalue weighted by atomic mass is 32.2. The number of carbonyl (C=O) groups excluding carboxylic acids is 2. The van der Waals surface area contributed by atoms with Gasteiger partial charge in [-0.25, -0.2) is 0 Å². The number of hydrogen-bond donors (Lipinski definition) is 4. The molecule has 1 aliphatic rings. The van der Waals surface area contributed by atoms with E-state index in [1.807, 2.05) is 0 Å². The second-order valence-corrected chi connectivity index (χ2v) is 10.9. The first-order valence-electron chi connectivity index (χ1n) is 12.3. The Morgan fingerprint density at radius 3 is 2.71 bits per heavy atom. The zero-order chi connectivity index (χ0) is 29.4. The predicted octanol–water partition coefficient (Wildman–Crippen LogP) is 4.15. The summed E-state index contributed by atoms with van der Waals surface area (Å²) in [6.45, 7) is 1.04. The number of rotatable bonds is 7. The Balaban J connectivity index is 1.24. The van der Waals surface area contributed by atoms with Gasteiger partial charge in [0.05, 0.1) is 12.8 Å². The SMILES string of the molecule is N=C(NC(=O)Cc1cccc(OC(F)(F)F)c1)SC(=N)N1CCCC(c2nnc(NC(=O)Cc3ccccn3)s2)C1. The summed E-state index contributed by atoms with van der Waals surface area (Å²) in [6.07, 6.45) is -1.80. The van der Waals surface area contributed by atoms with Gasteiger partial charge in [0.2, 0.25) is 16.9 Å². The minimum Gasteiger partial charge on any atom is -0.406 e. The van der Waals surface area contributed by atoms with E-state index in [4.69, 9.17) is 10.8 Å². The van der Waals surface area contributed by atoms with Gasteiger partial charge in [-0.3, -0.25) is 25.4 Å². The first kappa shape index (κ1) is 29.9. The fourth-order valence-corrected chi connectivity index (χ4v) is 5.58. The highest BCUT2D eigenvalue weighted by Crippen LogP contribution is 2.32. The van der Waals surface area contributed by atoms with Crippen molar-refractivity contribution in [1.82, 2.24) is 25.4 Å². The quantitative estimate of drug-likeness (QED) is 0.231. The number of likely N-dealkylation sites (tertiary alicyclic amines) is 1. The standard InChI is InChI=1S/C25H25F3N8O3S2/c26-25(27,28)39-18-8-3-5-15(11-18)12-19(37)32-22(29)41-23(30)36-10-4-6-16(14-36)21-34-35-24(40-21)33-20(38)13-17-7-1-2-9-31-17/h1-3,5,7-9,11,16,30H,4,6,10,12-14H2,(H2,29,32,37)(H,33,35,38). The zero-order valence-corrected chi connectivity index (χ0v) is 23.0. The summed E-state index contributed by atoms with van der Waals surface area (Å²) >= 11 is 2.03. The fraction of sp³-hybridized carbons (Fsp3) is 0.320. The number of anilines is 1. The average Bonchev–Trinajstić information content (AvgIpc) is 3.36. The van der Waals surface area contributed by atoms with Crippen LogP contribution in [0.5, 0.6) is 5.75 Å². The summed E-state index contributed by atoms with van der Waals surface area (Å²) in [6, 6.07) is 10.4. The molecule has 0 aliphatic carbocycles. The monoisotopic (exact) mass is 606 g/mol. The van der Waals surface area contributed by atoms with E-state index in [9.17, 15) is 22.8 Å². The molecule has 0 radical (unpaired) electrons. The molecular weight excluding hydrogens is 581 g/mol. The molecule has 0 spiro atoms. The van der Waals surface area contributed by atoms with Crippen LogP contribution >= 0.6 is 23.1 Å². The van der Waals surface area contributed by atoms with Crippen LogP contribution < -0.4 is 15.4 Å². The molecule has 1 saturated heterocycles. The molecule has 4 rings (SSSR count). The smallest absolute Gasteiger partial charge is 0.406 e. The maximum atomic E-state index is 12.4. The third kappa shape index (κ3) is 9.53. The van der Waals surface area contributed by atoms with Gasteiger partial charge in [-0.15, -0.1) is 23.4 Å². The fourth-order valence-electron chi connectivity index (χ4n) is 4.04. The van der Waals surface area contributed by atoms with Gasteiger partial charge in [-0.2, -0.15) is 0 Å². The second-order valence-electron chi connectivity index (χ2n) is 8.93. The largest absolute Gasteiger partial charge is 0.573 e. The van der Waals surface area contributed by atoms with Crippen molar-refractivity contribution < 1.29 is 27.5 Å². The number of amides is 2. The van der Waals surface area contributed by atoms with Gasteiger partial charge >= 0.3 is 6.36 Å². The summed E-state index contributed by atoms with van der Waals surface area (Å²) in [4.78, 5) is 30.6. The summed E-state index contributed by atoms with van der Waals surface area (Å²) in [5.41, 5.74) is 0.917. The van der Waals surface area contributed by atoms with Gasteiger partial charge in [0.25, 0.3) is 0 Å². The van der Waals surface area contributed by atoms with Crippen molar-refractivity contribution in [3.63, 3.8) is 0 Å². The van der Waals surface area contributed by atoms with Crippen molar-refractivity contribution in [2.24, 2.45) is 0 Å². The van der Waals surface area contributed by atoms with Crippen molar-refractivity contribution in [1.29, 1.82) is 10.8 Å². The third-order valence-corrected chi connectivity index (χ3v) is 7.52. The summed E-state index contributed by atoms with van der Waals surface area (Å²) in [5, 5.41) is 30.8. The second kappa shape index (κ2) is 13.5. The number of nitrogens with zero attached hydrogens (tertiary/aromatic N) is 4. The lowest BCUT2D eigenvalue weighted by Crippen LogP contribution is -2.39. The van der Waals surface area contributed by atoms with Crippen LogP contribution in [0.15, 0.2) is 48.7 Å². The van der Waals surface area contributed by atoms with Crippen LogP contribution in [0.3, 0.4) is 0 Å². The Hall–Kier alpha value is -4.05. The molecule has 4 N–H and O–H groups in total. The lowest BCUT2D eigenvalue weighted by molar-refractivity contribution is -0.274. The summed E-state index contributed by atoms with van der Waals surface area (Å²) < 4.78 is 41.2. The van der Waals surface area contributed by atoms with Crippen molar-refractivity contribution in [3.05, 3.63) is 64.9 Å². The molecule has 11 nitrogen and oxygen atoms in total. The summed E-state index contributed by atoms with van der Waals surface area (Å²) in [5.74, 6) is -1.33. The number of carbonyl (C=O) groups is 2. The molecule has 1 atom stereocenters. The number of aromatic nitrogens is 3. The Bertz CT molecular complexity index is 1400. The van der Waals surface area contributed by atoms with Crippen LogP contribution in [-0.2, 0) is 22.4 Å². The van der Waals surface area contributed by atoms with Gasteiger partial charge in [0, 0.05) is 30.9 Å². The van der Waals surface area contributed by atoms with Crippen LogP contribution in [-0.4, -0.2) is 61.7 Å². The van der Waals surface area contributed by atoms with Gasteiger partial charge in [-0.1, -0.05) is 29.5 Å². The molecule has 2 amide bonds. The minimum absolute atomic E-state index is 0.0291. The van der Waals surface area contributed by atoms with Crippen LogP contribution in [0.4, 0.5) is 18.3 Å². The van der Waals surface area contributed by atoms with E-state index in [1.165, 1.54) is 23.5 Å². The minimum atomic E-state index is -4.85. The van der Waals surface area contributed by atoms with Crippen LogP contribution in [0.25, 0.3) is 0 Å². The number of ether oxygens (including phenoxy) is 1. The predicted molar refractivity (Wildman–Crippen MR) is 148 cm³/mol. The van der Waals surface area contributed by atoms with Crippen molar-refractivity contribution in [2.75, 3.05) is 18.4 Å². The normalized spacial score (nSPS) is 15.2. The molecule has 16 heteroatoms. The number of pyridine rings is 1. The lowest BCUT2D eigenvalue weighted by Gasteiger charge is -2.32. The molecular formula is C25H25F3N8O3S2. The third-order valence-electron chi connectivity index (χ3n) is 5.76. The zero-order valence-electron chi connectivity index (χ0n) is 21.4. The topological polar surface area (TPSA) is 157 Å². The van der Waals surface area contributed by atoms with E-state index in [0.29, 0.717) is 23.9 Å². The summed E-state index contributed by atoms with van der Waals surface area (Å²) in [7, 11) is 0. The van der Waals surface area contributed by atoms with Crippen molar-refractivity contribution in [3.8, 4) is 5.75 Å². The van der Waals surface area contributed by atoms with Crippen molar-refractivity contribution >= 4 is 50.4 Å². The molecule has 3 heterocycles. The number of thioether (sulfide) groups is 1. The van der Waals surface area contributed by atoms with E-state index in [2.05, 4.69) is 30.6 Å². The highest BCUT2D eigenvalue weighted by molar-refractivity contribution is 8.26. The molecule has 1 fully saturated rings. The number of hydrogen-bond acceptors (Lipinski definition) is 10. The highest BCUT2D eigenvalue weighted by Gasteiger charge is 2.31. The first-order valence-corrected chi connectivity index (χ1v) is 13.9. The molecule has 1 unspecified atom stereocenters.